The highest BCUT2D eigenvalue weighted by atomic mass is 16.4. The van der Waals surface area contributed by atoms with Crippen LogP contribution in [0.3, 0.4) is 0 Å². The molecule has 0 spiro atoms. The van der Waals surface area contributed by atoms with Crippen molar-refractivity contribution < 1.29 is 8.83 Å². The van der Waals surface area contributed by atoms with E-state index >= 15 is 0 Å². The van der Waals surface area contributed by atoms with Gasteiger partial charge in [-0.1, -0.05) is 0 Å². The minimum Gasteiger partial charge on any atom is -0.461 e. The van der Waals surface area contributed by atoms with Crippen molar-refractivity contribution in [2.45, 2.75) is 20.8 Å². The molecule has 2 aromatic heterocycles. The molecule has 0 saturated carbocycles. The van der Waals surface area contributed by atoms with E-state index in [1.165, 1.54) is 0 Å². The zero-order valence-corrected chi connectivity index (χ0v) is 9.96. The second-order valence-corrected chi connectivity index (χ2v) is 4.41. The summed E-state index contributed by atoms with van der Waals surface area (Å²) in [6.07, 6.45) is 0. The number of hydrogen-bond donors (Lipinski definition) is 0. The third-order valence-electron chi connectivity index (χ3n) is 3.03. The molecule has 0 aliphatic carbocycles. The van der Waals surface area contributed by atoms with Crippen LogP contribution < -0.4 is 5.63 Å². The van der Waals surface area contributed by atoms with Gasteiger partial charge in [0.05, 0.1) is 0 Å². The Labute approximate surface area is 97.7 Å². The average Bonchev–Trinajstić information content (AvgIpc) is 2.63. The fourth-order valence-corrected chi connectivity index (χ4v) is 2.19. The van der Waals surface area contributed by atoms with Crippen molar-refractivity contribution in [3.05, 3.63) is 45.5 Å². The lowest BCUT2D eigenvalue weighted by Crippen LogP contribution is -2.02. The van der Waals surface area contributed by atoms with Gasteiger partial charge in [-0.05, 0) is 39.0 Å². The quantitative estimate of drug-likeness (QED) is 0.553. The number of fused-ring (bicyclic) bond motifs is 2. The summed E-state index contributed by atoms with van der Waals surface area (Å²) < 4.78 is 10.9. The van der Waals surface area contributed by atoms with Crippen LogP contribution in [0.1, 0.15) is 16.9 Å². The van der Waals surface area contributed by atoms with Crippen LogP contribution in [0, 0.1) is 20.8 Å². The van der Waals surface area contributed by atoms with Crippen LogP contribution in [0.4, 0.5) is 0 Å². The SMILES string of the molecule is Cc1cc2cc3cc(C)c(=O)oc3c(C)c2o1. The van der Waals surface area contributed by atoms with E-state index < -0.39 is 0 Å². The molecule has 0 unspecified atom stereocenters. The third-order valence-corrected chi connectivity index (χ3v) is 3.03. The summed E-state index contributed by atoms with van der Waals surface area (Å²) in [6, 6.07) is 5.84. The molecular weight excluding hydrogens is 216 g/mol. The fraction of sp³-hybridized carbons (Fsp3) is 0.214. The van der Waals surface area contributed by atoms with Crippen LogP contribution >= 0.6 is 0 Å². The van der Waals surface area contributed by atoms with Crippen LogP contribution in [-0.4, -0.2) is 0 Å². The zero-order chi connectivity index (χ0) is 12.2. The molecule has 3 aromatic rings. The third kappa shape index (κ3) is 1.39. The van der Waals surface area contributed by atoms with Gasteiger partial charge in [-0.25, -0.2) is 4.79 Å². The van der Waals surface area contributed by atoms with Gasteiger partial charge in [-0.3, -0.25) is 0 Å². The molecule has 3 heteroatoms. The number of aryl methyl sites for hydroxylation is 3. The number of furan rings is 1. The van der Waals surface area contributed by atoms with Gasteiger partial charge in [0.25, 0.3) is 0 Å². The summed E-state index contributed by atoms with van der Waals surface area (Å²) in [5, 5.41) is 1.98. The van der Waals surface area contributed by atoms with Gasteiger partial charge >= 0.3 is 5.63 Å². The summed E-state index contributed by atoms with van der Waals surface area (Å²) in [7, 11) is 0. The first-order valence-electron chi connectivity index (χ1n) is 5.50. The minimum atomic E-state index is -0.289. The van der Waals surface area contributed by atoms with Crippen molar-refractivity contribution in [2.75, 3.05) is 0 Å². The molecule has 0 bridgehead atoms. The van der Waals surface area contributed by atoms with Crippen LogP contribution in [0.25, 0.3) is 21.9 Å². The molecular formula is C14H12O3. The Morgan fingerprint density at radius 1 is 0.882 bits per heavy atom. The van der Waals surface area contributed by atoms with E-state index in [2.05, 4.69) is 0 Å². The number of benzene rings is 1. The van der Waals surface area contributed by atoms with Gasteiger partial charge in [0, 0.05) is 21.9 Å². The van der Waals surface area contributed by atoms with E-state index in [9.17, 15) is 4.79 Å². The van der Waals surface area contributed by atoms with Gasteiger partial charge in [-0.2, -0.15) is 0 Å². The van der Waals surface area contributed by atoms with Gasteiger partial charge in [0.2, 0.25) is 0 Å². The van der Waals surface area contributed by atoms with Crippen molar-refractivity contribution in [1.29, 1.82) is 0 Å². The van der Waals surface area contributed by atoms with E-state index in [0.717, 1.165) is 27.7 Å². The Balaban J connectivity index is 2.58. The lowest BCUT2D eigenvalue weighted by Gasteiger charge is -2.02. The first-order chi connectivity index (χ1) is 8.06. The normalized spacial score (nSPS) is 11.5. The molecule has 0 atom stereocenters. The Morgan fingerprint density at radius 3 is 2.29 bits per heavy atom. The largest absolute Gasteiger partial charge is 0.461 e. The molecule has 0 aliphatic rings. The van der Waals surface area contributed by atoms with Crippen molar-refractivity contribution in [1.82, 2.24) is 0 Å². The number of rotatable bonds is 0. The Bertz CT molecular complexity index is 790. The average molecular weight is 228 g/mol. The highest BCUT2D eigenvalue weighted by molar-refractivity contribution is 5.97. The summed E-state index contributed by atoms with van der Waals surface area (Å²) in [5.41, 5.74) is 2.62. The molecule has 0 saturated heterocycles. The van der Waals surface area contributed by atoms with Crippen molar-refractivity contribution >= 4 is 21.9 Å². The molecule has 0 fully saturated rings. The summed E-state index contributed by atoms with van der Waals surface area (Å²) in [6.45, 7) is 5.57. The molecule has 1 aromatic carbocycles. The Morgan fingerprint density at radius 2 is 1.53 bits per heavy atom. The van der Waals surface area contributed by atoms with Crippen LogP contribution in [0.2, 0.25) is 0 Å². The molecule has 2 heterocycles. The van der Waals surface area contributed by atoms with Gasteiger partial charge in [0.15, 0.2) is 0 Å². The second-order valence-electron chi connectivity index (χ2n) is 4.41. The summed E-state index contributed by atoms with van der Waals surface area (Å²) in [4.78, 5) is 11.5. The Kier molecular flexibility index (Phi) is 1.93. The first kappa shape index (κ1) is 10.1. The van der Waals surface area contributed by atoms with E-state index in [4.69, 9.17) is 8.83 Å². The van der Waals surface area contributed by atoms with Gasteiger partial charge in [0.1, 0.15) is 16.9 Å². The molecule has 0 radical (unpaired) electrons. The Hall–Kier alpha value is -2.03. The molecule has 3 nitrogen and oxygen atoms in total. The zero-order valence-electron chi connectivity index (χ0n) is 9.96. The maximum Gasteiger partial charge on any atom is 0.339 e. The van der Waals surface area contributed by atoms with Gasteiger partial charge in [-0.15, -0.1) is 0 Å². The monoisotopic (exact) mass is 228 g/mol. The molecule has 0 aliphatic heterocycles. The minimum absolute atomic E-state index is 0.289. The lowest BCUT2D eigenvalue weighted by molar-refractivity contribution is 0.548. The molecule has 0 N–H and O–H groups in total. The van der Waals surface area contributed by atoms with E-state index in [-0.39, 0.29) is 5.63 Å². The standard InChI is InChI=1S/C14H12O3/c1-7-4-10-6-11-5-8(2)16-12(11)9(3)13(10)17-14(7)15/h4-6H,1-3H3. The fourth-order valence-electron chi connectivity index (χ4n) is 2.19. The first-order valence-corrected chi connectivity index (χ1v) is 5.50. The maximum atomic E-state index is 11.5. The van der Waals surface area contributed by atoms with E-state index in [1.54, 1.807) is 6.92 Å². The lowest BCUT2D eigenvalue weighted by atomic mass is 10.1. The predicted molar refractivity (Wildman–Crippen MR) is 66.5 cm³/mol. The highest BCUT2D eigenvalue weighted by Gasteiger charge is 2.11. The van der Waals surface area contributed by atoms with Crippen LogP contribution in [-0.2, 0) is 0 Å². The van der Waals surface area contributed by atoms with Crippen molar-refractivity contribution in [2.24, 2.45) is 0 Å². The van der Waals surface area contributed by atoms with Crippen LogP contribution in [0.15, 0.2) is 31.8 Å². The molecule has 0 amide bonds. The van der Waals surface area contributed by atoms with Crippen LogP contribution in [0.5, 0.6) is 0 Å². The highest BCUT2D eigenvalue weighted by Crippen LogP contribution is 2.29. The smallest absolute Gasteiger partial charge is 0.339 e. The summed E-state index contributed by atoms with van der Waals surface area (Å²) in [5.74, 6) is 0.859. The number of hydrogen-bond acceptors (Lipinski definition) is 3. The molecule has 86 valence electrons. The topological polar surface area (TPSA) is 43.4 Å². The van der Waals surface area contributed by atoms with E-state index in [1.807, 2.05) is 32.0 Å². The maximum absolute atomic E-state index is 11.5. The van der Waals surface area contributed by atoms with Crippen molar-refractivity contribution in [3.63, 3.8) is 0 Å². The predicted octanol–water partition coefficient (Wildman–Crippen LogP) is 3.46. The summed E-state index contributed by atoms with van der Waals surface area (Å²) >= 11 is 0. The second kappa shape index (κ2) is 3.23. The molecule has 17 heavy (non-hydrogen) atoms. The molecule has 3 rings (SSSR count). The van der Waals surface area contributed by atoms with Crippen molar-refractivity contribution in [3.8, 4) is 0 Å². The van der Waals surface area contributed by atoms with Gasteiger partial charge < -0.3 is 8.83 Å². The van der Waals surface area contributed by atoms with E-state index in [0.29, 0.717) is 11.1 Å².